The quantitative estimate of drug-likeness (QED) is 0.311. The molecule has 0 unspecified atom stereocenters. The summed E-state index contributed by atoms with van der Waals surface area (Å²) >= 11 is 0. The molecule has 0 aromatic carbocycles. The van der Waals surface area contributed by atoms with Crippen LogP contribution in [0.3, 0.4) is 0 Å². The molecule has 2 aliphatic heterocycles. The lowest BCUT2D eigenvalue weighted by Crippen LogP contribution is -2.56. The molecule has 0 atom stereocenters. The molecule has 43 heavy (non-hydrogen) atoms. The number of aromatic nitrogens is 7. The second-order valence-corrected chi connectivity index (χ2v) is 10.9. The number of nitrogens with zero attached hydrogens (tertiary/aromatic N) is 9. The highest BCUT2D eigenvalue weighted by molar-refractivity contribution is 5.92. The summed E-state index contributed by atoms with van der Waals surface area (Å²) in [5, 5.41) is 5.48. The van der Waals surface area contributed by atoms with Crippen LogP contribution in [0, 0.1) is 6.04 Å². The Hall–Kier alpha value is -3.95. The van der Waals surface area contributed by atoms with Gasteiger partial charge in [-0.2, -0.15) is 18.3 Å². The molecule has 227 valence electrons. The van der Waals surface area contributed by atoms with E-state index in [1.807, 2.05) is 23.1 Å². The first-order chi connectivity index (χ1) is 20.7. The van der Waals surface area contributed by atoms with Crippen molar-refractivity contribution in [3.63, 3.8) is 0 Å². The molecule has 4 aromatic rings. The van der Waals surface area contributed by atoms with Gasteiger partial charge in [0.15, 0.2) is 0 Å². The zero-order valence-electron chi connectivity index (χ0n) is 23.9. The zero-order valence-corrected chi connectivity index (χ0v) is 23.9. The Kier molecular flexibility index (Phi) is 8.11. The Bertz CT molecular complexity index is 1570. The van der Waals surface area contributed by atoms with Crippen LogP contribution in [-0.2, 0) is 17.5 Å². The smallest absolute Gasteiger partial charge is 0.383 e. The van der Waals surface area contributed by atoms with Gasteiger partial charge in [-0.15, -0.1) is 0 Å². The number of likely N-dealkylation sites (N-methyl/N-ethyl adjacent to an activating group) is 1. The first kappa shape index (κ1) is 29.1. The minimum atomic E-state index is -4.76. The van der Waals surface area contributed by atoms with Gasteiger partial charge in [0.2, 0.25) is 5.82 Å². The number of fused-ring (bicyclic) bond motifs is 1. The maximum atomic E-state index is 13.6. The number of piperidine rings is 1. The van der Waals surface area contributed by atoms with Crippen molar-refractivity contribution in [2.75, 3.05) is 53.5 Å². The van der Waals surface area contributed by atoms with Gasteiger partial charge in [0.25, 0.3) is 5.91 Å². The summed E-state index contributed by atoms with van der Waals surface area (Å²) in [5.74, 6) is -1.81. The number of rotatable bonds is 9. The molecule has 1 amide bonds. The maximum Gasteiger partial charge on any atom is 0.451 e. The number of carbonyl (C=O) groups is 1. The summed E-state index contributed by atoms with van der Waals surface area (Å²) in [6.45, 7) is 3.46. The van der Waals surface area contributed by atoms with Crippen LogP contribution in [0.25, 0.3) is 22.3 Å². The first-order valence-electron chi connectivity index (χ1n) is 14.0. The standard InChI is InChI=1S/C28H32F3N10O2/c1-38(9-10-43-2)14-19-11-23(37-27(36-19)28(29,30)31)26(42)39-7-4-20(5-8-39)40-15-21(16-40)41-13-18(12-35-41)24-22-3-6-32-25(22)34-17-33-24/h3,6,11-13,17,20H,4-5,7-10,14-16H2,1-2H3,(H,32,33,34). The molecule has 15 heteroatoms. The van der Waals surface area contributed by atoms with Crippen LogP contribution in [0.1, 0.15) is 34.8 Å². The van der Waals surface area contributed by atoms with Crippen LogP contribution in [0.15, 0.2) is 37.1 Å². The molecule has 2 fully saturated rings. The highest BCUT2D eigenvalue weighted by Gasteiger charge is 2.39. The number of likely N-dealkylation sites (tertiary alicyclic amines) is 2. The van der Waals surface area contributed by atoms with E-state index in [2.05, 4.69) is 34.9 Å². The van der Waals surface area contributed by atoms with Gasteiger partial charge in [0.1, 0.15) is 23.7 Å². The largest absolute Gasteiger partial charge is 0.451 e. The number of alkyl halides is 3. The van der Waals surface area contributed by atoms with Crippen LogP contribution < -0.4 is 0 Å². The van der Waals surface area contributed by atoms with Crippen molar-refractivity contribution in [1.29, 1.82) is 0 Å². The molecule has 0 bridgehead atoms. The maximum absolute atomic E-state index is 13.6. The summed E-state index contributed by atoms with van der Waals surface area (Å²) in [4.78, 5) is 38.0. The molecule has 0 aliphatic carbocycles. The number of halogens is 3. The second-order valence-electron chi connectivity index (χ2n) is 10.9. The Morgan fingerprint density at radius 3 is 2.72 bits per heavy atom. The molecule has 12 nitrogen and oxygen atoms in total. The number of amides is 1. The monoisotopic (exact) mass is 597 g/mol. The minimum Gasteiger partial charge on any atom is -0.383 e. The minimum absolute atomic E-state index is 0.137. The lowest BCUT2D eigenvalue weighted by molar-refractivity contribution is -0.145. The number of H-pyrrole nitrogens is 1. The summed E-state index contributed by atoms with van der Waals surface area (Å²) in [6, 6.07) is 4.74. The Balaban J connectivity index is 1.05. The Morgan fingerprint density at radius 1 is 1.19 bits per heavy atom. The molecule has 2 saturated heterocycles. The topological polar surface area (TPSA) is 121 Å². The normalized spacial score (nSPS) is 17.2. The van der Waals surface area contributed by atoms with E-state index in [4.69, 9.17) is 4.74 Å². The number of nitrogens with one attached hydrogen (secondary N) is 1. The Labute approximate surface area is 245 Å². The van der Waals surface area contributed by atoms with Crippen LogP contribution in [0.2, 0.25) is 0 Å². The molecular weight excluding hydrogens is 565 g/mol. The molecule has 1 N–H and O–H groups in total. The number of hydrogen-bond acceptors (Lipinski definition) is 9. The van der Waals surface area contributed by atoms with E-state index in [-0.39, 0.29) is 24.0 Å². The third kappa shape index (κ3) is 6.24. The van der Waals surface area contributed by atoms with Gasteiger partial charge >= 0.3 is 6.18 Å². The number of ether oxygens (including phenoxy) is 1. The van der Waals surface area contributed by atoms with Crippen molar-refractivity contribution in [3.8, 4) is 11.3 Å². The summed E-state index contributed by atoms with van der Waals surface area (Å²) in [6.07, 6.45) is 3.83. The van der Waals surface area contributed by atoms with Crippen LogP contribution in [0.4, 0.5) is 13.2 Å². The number of hydrogen-bond donors (Lipinski definition) is 1. The lowest BCUT2D eigenvalue weighted by Gasteiger charge is -2.46. The van der Waals surface area contributed by atoms with Crippen LogP contribution in [0.5, 0.6) is 0 Å². The average Bonchev–Trinajstić information content (AvgIpc) is 3.65. The number of carbonyl (C=O) groups excluding carboxylic acids is 1. The molecule has 2 aliphatic rings. The van der Waals surface area contributed by atoms with E-state index >= 15 is 0 Å². The molecule has 6 heterocycles. The Morgan fingerprint density at radius 2 is 1.98 bits per heavy atom. The fourth-order valence-electron chi connectivity index (χ4n) is 5.56. The van der Waals surface area contributed by atoms with Crippen molar-refractivity contribution in [3.05, 3.63) is 60.3 Å². The molecule has 0 saturated carbocycles. The van der Waals surface area contributed by atoms with Gasteiger partial charge in [-0.3, -0.25) is 19.3 Å². The third-order valence-corrected chi connectivity index (χ3v) is 7.93. The van der Waals surface area contributed by atoms with Crippen molar-refractivity contribution in [2.45, 2.75) is 31.6 Å². The van der Waals surface area contributed by atoms with E-state index in [0.717, 1.165) is 54.3 Å². The molecule has 4 aromatic heterocycles. The van der Waals surface area contributed by atoms with Gasteiger partial charge in [0, 0.05) is 75.8 Å². The van der Waals surface area contributed by atoms with Crippen molar-refractivity contribution in [2.24, 2.45) is 0 Å². The van der Waals surface area contributed by atoms with Crippen molar-refractivity contribution < 1.29 is 22.7 Å². The van der Waals surface area contributed by atoms with Crippen LogP contribution >= 0.6 is 0 Å². The van der Waals surface area contributed by atoms with E-state index in [1.54, 1.807) is 30.2 Å². The van der Waals surface area contributed by atoms with Gasteiger partial charge in [-0.25, -0.2) is 19.9 Å². The molecule has 0 spiro atoms. The van der Waals surface area contributed by atoms with Gasteiger partial charge in [0.05, 0.1) is 24.2 Å². The van der Waals surface area contributed by atoms with E-state index in [0.29, 0.717) is 26.2 Å². The molecule has 6 rings (SSSR count). The predicted molar refractivity (Wildman–Crippen MR) is 149 cm³/mol. The number of methoxy groups -OCH3 is 1. The average molecular weight is 598 g/mol. The van der Waals surface area contributed by atoms with Gasteiger partial charge in [-0.1, -0.05) is 0 Å². The number of aromatic amines is 1. The first-order valence-corrected chi connectivity index (χ1v) is 14.0. The summed E-state index contributed by atoms with van der Waals surface area (Å²) in [7, 11) is 3.31. The lowest BCUT2D eigenvalue weighted by atomic mass is 9.97. The van der Waals surface area contributed by atoms with Gasteiger partial charge in [-0.05, 0) is 32.0 Å². The summed E-state index contributed by atoms with van der Waals surface area (Å²) < 4.78 is 47.6. The second kappa shape index (κ2) is 12.0. The van der Waals surface area contributed by atoms with Crippen LogP contribution in [-0.4, -0.2) is 115 Å². The van der Waals surface area contributed by atoms with Crippen molar-refractivity contribution in [1.82, 2.24) is 49.4 Å². The SMILES string of the molecule is COCCN(C)Cc1cc(C(=O)N2CCC(N3C[C](n4cc(-c5ncnc6[nH]ccc56)cn4)C3)CC2)nc(C(F)(F)F)n1. The van der Waals surface area contributed by atoms with E-state index < -0.39 is 17.9 Å². The predicted octanol–water partition coefficient (Wildman–Crippen LogP) is 2.71. The highest BCUT2D eigenvalue weighted by Crippen LogP contribution is 2.31. The fourth-order valence-corrected chi connectivity index (χ4v) is 5.56. The van der Waals surface area contributed by atoms with E-state index in [9.17, 15) is 18.0 Å². The summed E-state index contributed by atoms with van der Waals surface area (Å²) in [5.41, 5.74) is 2.42. The highest BCUT2D eigenvalue weighted by atomic mass is 19.4. The third-order valence-electron chi connectivity index (χ3n) is 7.93. The van der Waals surface area contributed by atoms with Gasteiger partial charge < -0.3 is 14.6 Å². The van der Waals surface area contributed by atoms with Crippen molar-refractivity contribution >= 4 is 16.9 Å². The molecular formula is C28H32F3N10O2. The van der Waals surface area contributed by atoms with E-state index in [1.165, 1.54) is 12.4 Å². The molecule has 1 radical (unpaired) electrons. The zero-order chi connectivity index (χ0) is 30.1. The fraction of sp³-hybridized carbons (Fsp3) is 0.464.